The number of alkyl halides is 3. The summed E-state index contributed by atoms with van der Waals surface area (Å²) in [5.41, 5.74) is 5.06. The summed E-state index contributed by atoms with van der Waals surface area (Å²) in [5, 5.41) is 7.08. The highest BCUT2D eigenvalue weighted by atomic mass is 19.4. The molecule has 0 aromatic heterocycles. The average Bonchev–Trinajstić information content (AvgIpc) is 2.59. The Kier molecular flexibility index (Phi) is 4.41. The van der Waals surface area contributed by atoms with Crippen LogP contribution in [-0.2, 0) is 0 Å². The van der Waals surface area contributed by atoms with Crippen LogP contribution < -0.4 is 5.73 Å². The standard InChI is InChI=1S/C11H20F3N3/c1-7(2)9-4-3-5-17(9)6-8(10(15)16)11(12,13)14/h7-9H,3-6H2,1-2H3,(H3,15,16). The van der Waals surface area contributed by atoms with Gasteiger partial charge in [-0.3, -0.25) is 10.3 Å². The maximum Gasteiger partial charge on any atom is 0.399 e. The molecular formula is C11H20F3N3. The molecule has 0 aromatic rings. The number of nitrogens with zero attached hydrogens (tertiary/aromatic N) is 1. The molecule has 0 saturated carbocycles. The zero-order valence-corrected chi connectivity index (χ0v) is 10.2. The molecule has 6 heteroatoms. The van der Waals surface area contributed by atoms with E-state index in [4.69, 9.17) is 11.1 Å². The van der Waals surface area contributed by atoms with E-state index < -0.39 is 17.9 Å². The Balaban J connectivity index is 2.71. The first-order valence-electron chi connectivity index (χ1n) is 5.88. The number of rotatable bonds is 4. The molecule has 1 aliphatic heterocycles. The summed E-state index contributed by atoms with van der Waals surface area (Å²) in [6, 6.07) is 0.180. The molecule has 2 atom stereocenters. The molecule has 2 unspecified atom stereocenters. The van der Waals surface area contributed by atoms with Crippen molar-refractivity contribution in [2.45, 2.75) is 38.9 Å². The third-order valence-electron chi connectivity index (χ3n) is 3.37. The number of hydrogen-bond donors (Lipinski definition) is 2. The van der Waals surface area contributed by atoms with E-state index in [-0.39, 0.29) is 12.6 Å². The van der Waals surface area contributed by atoms with Crippen LogP contribution in [0.4, 0.5) is 13.2 Å². The second kappa shape index (κ2) is 5.25. The molecule has 0 spiro atoms. The van der Waals surface area contributed by atoms with Gasteiger partial charge in [0.25, 0.3) is 0 Å². The van der Waals surface area contributed by atoms with Gasteiger partial charge in [-0.1, -0.05) is 13.8 Å². The molecule has 0 amide bonds. The minimum Gasteiger partial charge on any atom is -0.387 e. The maximum absolute atomic E-state index is 12.7. The molecular weight excluding hydrogens is 231 g/mol. The van der Waals surface area contributed by atoms with Gasteiger partial charge >= 0.3 is 6.18 Å². The van der Waals surface area contributed by atoms with Gasteiger partial charge in [-0.2, -0.15) is 13.2 Å². The summed E-state index contributed by atoms with van der Waals surface area (Å²) < 4.78 is 38.1. The Morgan fingerprint density at radius 1 is 1.47 bits per heavy atom. The molecule has 100 valence electrons. The number of hydrogen-bond acceptors (Lipinski definition) is 2. The van der Waals surface area contributed by atoms with E-state index >= 15 is 0 Å². The van der Waals surface area contributed by atoms with Crippen LogP contribution in [-0.4, -0.2) is 36.0 Å². The third-order valence-corrected chi connectivity index (χ3v) is 3.37. The lowest BCUT2D eigenvalue weighted by Gasteiger charge is -2.31. The minimum absolute atomic E-state index is 0.179. The largest absolute Gasteiger partial charge is 0.399 e. The Hall–Kier alpha value is -0.780. The van der Waals surface area contributed by atoms with Crippen molar-refractivity contribution >= 4 is 5.84 Å². The first-order valence-corrected chi connectivity index (χ1v) is 5.88. The molecule has 0 aromatic carbocycles. The van der Waals surface area contributed by atoms with Crippen LogP contribution in [0.5, 0.6) is 0 Å². The van der Waals surface area contributed by atoms with Gasteiger partial charge < -0.3 is 5.73 Å². The van der Waals surface area contributed by atoms with Crippen molar-refractivity contribution in [1.82, 2.24) is 4.90 Å². The summed E-state index contributed by atoms with van der Waals surface area (Å²) in [5.74, 6) is -2.29. The lowest BCUT2D eigenvalue weighted by Crippen LogP contribution is -2.46. The highest BCUT2D eigenvalue weighted by Crippen LogP contribution is 2.31. The smallest absolute Gasteiger partial charge is 0.387 e. The van der Waals surface area contributed by atoms with E-state index in [2.05, 4.69) is 0 Å². The quantitative estimate of drug-likeness (QED) is 0.594. The Bertz CT molecular complexity index is 276. The molecule has 1 heterocycles. The van der Waals surface area contributed by atoms with Crippen LogP contribution in [0.1, 0.15) is 26.7 Å². The molecule has 0 bridgehead atoms. The zero-order valence-electron chi connectivity index (χ0n) is 10.2. The van der Waals surface area contributed by atoms with Gasteiger partial charge in [0.05, 0.1) is 0 Å². The zero-order chi connectivity index (χ0) is 13.2. The van der Waals surface area contributed by atoms with Crippen molar-refractivity contribution in [2.75, 3.05) is 13.1 Å². The molecule has 1 fully saturated rings. The average molecular weight is 251 g/mol. The number of halogens is 3. The molecule has 1 saturated heterocycles. The van der Waals surface area contributed by atoms with Gasteiger partial charge in [0.15, 0.2) is 0 Å². The van der Waals surface area contributed by atoms with Crippen LogP contribution in [0.25, 0.3) is 0 Å². The predicted molar refractivity (Wildman–Crippen MR) is 60.9 cm³/mol. The fourth-order valence-corrected chi connectivity index (χ4v) is 2.45. The predicted octanol–water partition coefficient (Wildman–Crippen LogP) is 2.22. The van der Waals surface area contributed by atoms with Crippen molar-refractivity contribution in [2.24, 2.45) is 17.6 Å². The number of likely N-dealkylation sites (tertiary alicyclic amines) is 1. The van der Waals surface area contributed by atoms with E-state index in [1.165, 1.54) is 0 Å². The highest BCUT2D eigenvalue weighted by Gasteiger charge is 2.44. The first-order chi connectivity index (χ1) is 7.73. The molecule has 0 aliphatic carbocycles. The second-order valence-corrected chi connectivity index (χ2v) is 5.00. The van der Waals surface area contributed by atoms with Gasteiger partial charge in [0, 0.05) is 12.6 Å². The lowest BCUT2D eigenvalue weighted by atomic mass is 10.00. The number of amidine groups is 1. The van der Waals surface area contributed by atoms with Gasteiger partial charge in [0.1, 0.15) is 11.8 Å². The number of nitrogens with two attached hydrogens (primary N) is 1. The highest BCUT2D eigenvalue weighted by molar-refractivity contribution is 5.80. The van der Waals surface area contributed by atoms with Gasteiger partial charge in [0.2, 0.25) is 0 Å². The summed E-state index contributed by atoms with van der Waals surface area (Å²) in [6.07, 6.45) is -2.57. The van der Waals surface area contributed by atoms with E-state index in [0.717, 1.165) is 12.8 Å². The van der Waals surface area contributed by atoms with Crippen molar-refractivity contribution in [1.29, 1.82) is 5.41 Å². The van der Waals surface area contributed by atoms with Gasteiger partial charge in [-0.25, -0.2) is 0 Å². The summed E-state index contributed by atoms with van der Waals surface area (Å²) >= 11 is 0. The van der Waals surface area contributed by atoms with E-state index in [9.17, 15) is 13.2 Å². The fourth-order valence-electron chi connectivity index (χ4n) is 2.45. The van der Waals surface area contributed by atoms with E-state index in [1.54, 1.807) is 0 Å². The van der Waals surface area contributed by atoms with Crippen molar-refractivity contribution < 1.29 is 13.2 Å². The molecule has 1 rings (SSSR count). The summed E-state index contributed by atoms with van der Waals surface area (Å²) in [7, 11) is 0. The fraction of sp³-hybridized carbons (Fsp3) is 0.909. The molecule has 3 N–H and O–H groups in total. The van der Waals surface area contributed by atoms with Crippen molar-refractivity contribution in [3.63, 3.8) is 0 Å². The minimum atomic E-state index is -4.42. The SMILES string of the molecule is CC(C)C1CCCN1CC(C(=N)N)C(F)(F)F. The normalized spacial score (nSPS) is 24.2. The van der Waals surface area contributed by atoms with E-state index in [0.29, 0.717) is 12.5 Å². The van der Waals surface area contributed by atoms with Crippen LogP contribution >= 0.6 is 0 Å². The molecule has 3 nitrogen and oxygen atoms in total. The Morgan fingerprint density at radius 3 is 2.47 bits per heavy atom. The lowest BCUT2D eigenvalue weighted by molar-refractivity contribution is -0.160. The monoisotopic (exact) mass is 251 g/mol. The van der Waals surface area contributed by atoms with Gasteiger partial charge in [-0.15, -0.1) is 0 Å². The molecule has 1 aliphatic rings. The Labute approximate surface area is 99.7 Å². The summed E-state index contributed by atoms with van der Waals surface area (Å²) in [4.78, 5) is 1.82. The van der Waals surface area contributed by atoms with Crippen molar-refractivity contribution in [3.05, 3.63) is 0 Å². The topological polar surface area (TPSA) is 53.1 Å². The first kappa shape index (κ1) is 14.3. The Morgan fingerprint density at radius 2 is 2.06 bits per heavy atom. The van der Waals surface area contributed by atoms with Crippen LogP contribution in [0.15, 0.2) is 0 Å². The van der Waals surface area contributed by atoms with E-state index in [1.807, 2.05) is 18.7 Å². The van der Waals surface area contributed by atoms with Crippen molar-refractivity contribution in [3.8, 4) is 0 Å². The molecule has 0 radical (unpaired) electrons. The van der Waals surface area contributed by atoms with Gasteiger partial charge in [-0.05, 0) is 25.3 Å². The third kappa shape index (κ3) is 3.59. The molecule has 17 heavy (non-hydrogen) atoms. The second-order valence-electron chi connectivity index (χ2n) is 5.00. The summed E-state index contributed by atoms with van der Waals surface area (Å²) in [6.45, 7) is 4.52. The van der Waals surface area contributed by atoms with Crippen LogP contribution in [0, 0.1) is 17.2 Å². The maximum atomic E-state index is 12.7. The van der Waals surface area contributed by atoms with Crippen LogP contribution in [0.3, 0.4) is 0 Å². The number of nitrogens with one attached hydrogen (secondary N) is 1. The van der Waals surface area contributed by atoms with Crippen LogP contribution in [0.2, 0.25) is 0 Å².